The van der Waals surface area contributed by atoms with E-state index in [0.29, 0.717) is 5.92 Å². The average molecular weight is 327 g/mol. The minimum atomic E-state index is -0.0367. The summed E-state index contributed by atoms with van der Waals surface area (Å²) in [5, 5.41) is 7.37. The lowest BCUT2D eigenvalue weighted by molar-refractivity contribution is 0.605. The number of hydrogen-bond acceptors (Lipinski definition) is 2. The summed E-state index contributed by atoms with van der Waals surface area (Å²) in [5.74, 6) is 0.499. The molecule has 1 unspecified atom stereocenters. The van der Waals surface area contributed by atoms with Crippen LogP contribution in [0.3, 0.4) is 0 Å². The summed E-state index contributed by atoms with van der Waals surface area (Å²) in [6.45, 7) is 5.08. The van der Waals surface area contributed by atoms with Gasteiger partial charge < -0.3 is 4.57 Å². The van der Waals surface area contributed by atoms with E-state index in [1.165, 1.54) is 15.5 Å². The zero-order chi connectivity index (χ0) is 16.6. The van der Waals surface area contributed by atoms with Crippen LogP contribution in [0.2, 0.25) is 0 Å². The minimum absolute atomic E-state index is 0.0367. The normalized spacial score (nSPS) is 11.5. The third-order valence-electron chi connectivity index (χ3n) is 4.00. The van der Waals surface area contributed by atoms with Crippen molar-refractivity contribution in [1.82, 2.24) is 14.3 Å². The molecule has 4 nitrogen and oxygen atoms in total. The highest BCUT2D eigenvalue weighted by Gasteiger charge is 2.13. The lowest BCUT2D eigenvalue weighted by atomic mass is 10.1. The van der Waals surface area contributed by atoms with Crippen molar-refractivity contribution in [3.05, 3.63) is 58.3 Å². The Hall–Kier alpha value is -1.93. The molecule has 2 aromatic heterocycles. The fourth-order valence-electron chi connectivity index (χ4n) is 2.87. The van der Waals surface area contributed by atoms with Crippen LogP contribution >= 0.6 is 9.24 Å². The Morgan fingerprint density at radius 3 is 2.57 bits per heavy atom. The maximum Gasteiger partial charge on any atom is 0.275 e. The molecule has 0 aliphatic rings. The fourth-order valence-corrected chi connectivity index (χ4v) is 3.17. The third kappa shape index (κ3) is 3.23. The molecule has 0 radical (unpaired) electrons. The van der Waals surface area contributed by atoms with Gasteiger partial charge >= 0.3 is 0 Å². The summed E-state index contributed by atoms with van der Waals surface area (Å²) in [7, 11) is 4.49. The first kappa shape index (κ1) is 15.9. The van der Waals surface area contributed by atoms with Crippen molar-refractivity contribution >= 4 is 25.3 Å². The molecule has 120 valence electrons. The van der Waals surface area contributed by atoms with Gasteiger partial charge in [-0.1, -0.05) is 38.1 Å². The molecule has 0 N–H and O–H groups in total. The molecule has 23 heavy (non-hydrogen) atoms. The van der Waals surface area contributed by atoms with Crippen LogP contribution in [0.5, 0.6) is 0 Å². The molecule has 0 aliphatic heterocycles. The second kappa shape index (κ2) is 6.29. The molecule has 2 heterocycles. The molecular weight excluding hydrogens is 305 g/mol. The summed E-state index contributed by atoms with van der Waals surface area (Å²) < 4.78 is 3.54. The van der Waals surface area contributed by atoms with Crippen molar-refractivity contribution in [2.45, 2.75) is 26.8 Å². The maximum absolute atomic E-state index is 12.4. The van der Waals surface area contributed by atoms with E-state index in [1.54, 1.807) is 7.05 Å². The van der Waals surface area contributed by atoms with Crippen LogP contribution in [-0.4, -0.2) is 14.3 Å². The molecular formula is C18H22N3OP. The van der Waals surface area contributed by atoms with E-state index < -0.39 is 0 Å². The summed E-state index contributed by atoms with van der Waals surface area (Å²) in [6, 6.07) is 8.25. The van der Waals surface area contributed by atoms with Crippen LogP contribution in [-0.2, 0) is 20.0 Å². The quantitative estimate of drug-likeness (QED) is 0.691. The number of hydrogen-bond donors (Lipinski definition) is 0. The first-order chi connectivity index (χ1) is 11.0. The SMILES string of the molecule is CC(C)Cc1nn(C)c(=O)c2cn(Cc3ccccc3P)cc12. The van der Waals surface area contributed by atoms with Crippen molar-refractivity contribution < 1.29 is 0 Å². The van der Waals surface area contributed by atoms with Crippen LogP contribution < -0.4 is 10.9 Å². The number of nitrogens with zero attached hydrogens (tertiary/aromatic N) is 3. The van der Waals surface area contributed by atoms with Crippen molar-refractivity contribution in [3.63, 3.8) is 0 Å². The monoisotopic (exact) mass is 327 g/mol. The summed E-state index contributed by atoms with van der Waals surface area (Å²) in [6.07, 6.45) is 4.87. The summed E-state index contributed by atoms with van der Waals surface area (Å²) in [4.78, 5) is 12.4. The number of aryl methyl sites for hydroxylation is 1. The van der Waals surface area contributed by atoms with Gasteiger partial charge in [-0.15, -0.1) is 9.24 Å². The highest BCUT2D eigenvalue weighted by Crippen LogP contribution is 2.19. The molecule has 0 aliphatic carbocycles. The van der Waals surface area contributed by atoms with Gasteiger partial charge in [-0.05, 0) is 23.2 Å². The van der Waals surface area contributed by atoms with Gasteiger partial charge in [0.25, 0.3) is 5.56 Å². The van der Waals surface area contributed by atoms with Gasteiger partial charge in [0.1, 0.15) is 0 Å². The van der Waals surface area contributed by atoms with E-state index in [4.69, 9.17) is 0 Å². The van der Waals surface area contributed by atoms with Gasteiger partial charge in [0, 0.05) is 31.4 Å². The highest BCUT2D eigenvalue weighted by molar-refractivity contribution is 7.27. The Balaban J connectivity index is 2.09. The van der Waals surface area contributed by atoms with Crippen molar-refractivity contribution in [3.8, 4) is 0 Å². The molecule has 0 bridgehead atoms. The molecule has 0 saturated carbocycles. The van der Waals surface area contributed by atoms with Crippen LogP contribution in [0.15, 0.2) is 41.5 Å². The second-order valence-corrected chi connectivity index (χ2v) is 7.05. The van der Waals surface area contributed by atoms with Gasteiger partial charge in [0.15, 0.2) is 0 Å². The van der Waals surface area contributed by atoms with Crippen molar-refractivity contribution in [2.75, 3.05) is 0 Å². The fraction of sp³-hybridized carbons (Fsp3) is 0.333. The van der Waals surface area contributed by atoms with Gasteiger partial charge in [0.2, 0.25) is 0 Å². The molecule has 1 aromatic carbocycles. The largest absolute Gasteiger partial charge is 0.348 e. The Labute approximate surface area is 138 Å². The lowest BCUT2D eigenvalue weighted by Gasteiger charge is -2.07. The van der Waals surface area contributed by atoms with Gasteiger partial charge in [-0.2, -0.15) is 5.10 Å². The Kier molecular flexibility index (Phi) is 4.36. The van der Waals surface area contributed by atoms with Crippen molar-refractivity contribution in [1.29, 1.82) is 0 Å². The van der Waals surface area contributed by atoms with E-state index in [1.807, 2.05) is 18.3 Å². The van der Waals surface area contributed by atoms with E-state index in [-0.39, 0.29) is 5.56 Å². The standard InChI is InChI=1S/C18H22N3OP/c1-12(2)8-16-14-10-21(9-13-6-4-5-7-17(13)23)11-15(14)18(22)20(3)19-16/h4-7,10-12H,8-9,23H2,1-3H3. The molecule has 0 amide bonds. The van der Waals surface area contributed by atoms with Crippen molar-refractivity contribution in [2.24, 2.45) is 13.0 Å². The highest BCUT2D eigenvalue weighted by atomic mass is 31.0. The topological polar surface area (TPSA) is 39.8 Å². The van der Waals surface area contributed by atoms with E-state index in [2.05, 4.69) is 51.1 Å². The zero-order valence-corrected chi connectivity index (χ0v) is 14.9. The maximum atomic E-state index is 12.4. The van der Waals surface area contributed by atoms with Gasteiger partial charge in [-0.25, -0.2) is 4.68 Å². The number of aromatic nitrogens is 3. The average Bonchev–Trinajstić information content (AvgIpc) is 2.91. The molecule has 5 heteroatoms. The number of benzene rings is 1. The predicted molar refractivity (Wildman–Crippen MR) is 98.4 cm³/mol. The first-order valence-electron chi connectivity index (χ1n) is 7.84. The number of fused-ring (bicyclic) bond motifs is 1. The molecule has 1 atom stereocenters. The second-order valence-electron chi connectivity index (χ2n) is 6.43. The Morgan fingerprint density at radius 2 is 1.87 bits per heavy atom. The summed E-state index contributed by atoms with van der Waals surface area (Å²) in [5.41, 5.74) is 2.19. The van der Waals surface area contributed by atoms with Gasteiger partial charge in [-0.3, -0.25) is 4.79 Å². The van der Waals surface area contributed by atoms with Crippen LogP contribution in [0, 0.1) is 5.92 Å². The Bertz CT molecular complexity index is 908. The first-order valence-corrected chi connectivity index (χ1v) is 8.42. The number of rotatable bonds is 4. The van der Waals surface area contributed by atoms with E-state index in [9.17, 15) is 4.79 Å². The van der Waals surface area contributed by atoms with Gasteiger partial charge in [0.05, 0.1) is 11.1 Å². The third-order valence-corrected chi connectivity index (χ3v) is 4.56. The van der Waals surface area contributed by atoms with Crippen LogP contribution in [0.1, 0.15) is 25.1 Å². The molecule has 0 fully saturated rings. The minimum Gasteiger partial charge on any atom is -0.348 e. The van der Waals surface area contributed by atoms with E-state index in [0.717, 1.165) is 29.4 Å². The lowest BCUT2D eigenvalue weighted by Crippen LogP contribution is -2.21. The van der Waals surface area contributed by atoms with E-state index >= 15 is 0 Å². The molecule has 3 aromatic rings. The smallest absolute Gasteiger partial charge is 0.275 e. The zero-order valence-electron chi connectivity index (χ0n) is 13.8. The molecule has 0 saturated heterocycles. The van der Waals surface area contributed by atoms with Crippen LogP contribution in [0.25, 0.3) is 10.8 Å². The predicted octanol–water partition coefficient (Wildman–Crippen LogP) is 2.48. The summed E-state index contributed by atoms with van der Waals surface area (Å²) >= 11 is 0. The molecule has 3 rings (SSSR count). The van der Waals surface area contributed by atoms with Crippen LogP contribution in [0.4, 0.5) is 0 Å². The molecule has 0 spiro atoms. The Morgan fingerprint density at radius 1 is 1.17 bits per heavy atom.